The maximum atomic E-state index is 5.79. The number of nitrogens with two attached hydrogens (primary N) is 1. The maximum absolute atomic E-state index is 5.79. The molecular weight excluding hydrogens is 184 g/mol. The molecule has 0 fully saturated rings. The molecule has 1 unspecified atom stereocenters. The standard InChI is InChI=1S/C10H15ClN2/c1-8(6-7-13-12)9-2-4-10(11)5-3-9/h2-5,8,13H,6-7,12H2,1H3. The molecule has 0 aliphatic carbocycles. The second-order valence-corrected chi connectivity index (χ2v) is 3.63. The molecule has 1 atom stereocenters. The second kappa shape index (κ2) is 5.22. The number of nitrogens with one attached hydrogen (secondary N) is 1. The van der Waals surface area contributed by atoms with Gasteiger partial charge in [0.15, 0.2) is 0 Å². The zero-order chi connectivity index (χ0) is 9.68. The highest BCUT2D eigenvalue weighted by Gasteiger charge is 2.03. The van der Waals surface area contributed by atoms with Crippen LogP contribution in [-0.4, -0.2) is 6.54 Å². The van der Waals surface area contributed by atoms with Crippen LogP contribution in [0, 0.1) is 0 Å². The van der Waals surface area contributed by atoms with Crippen molar-refractivity contribution >= 4 is 11.6 Å². The van der Waals surface area contributed by atoms with Crippen molar-refractivity contribution in [2.45, 2.75) is 19.3 Å². The van der Waals surface area contributed by atoms with Gasteiger partial charge in [0.2, 0.25) is 0 Å². The van der Waals surface area contributed by atoms with Crippen LogP contribution in [0.4, 0.5) is 0 Å². The molecule has 0 radical (unpaired) electrons. The molecule has 0 aliphatic rings. The Bertz CT molecular complexity index is 246. The molecule has 1 aromatic carbocycles. The van der Waals surface area contributed by atoms with Gasteiger partial charge in [-0.05, 0) is 30.0 Å². The predicted molar refractivity (Wildman–Crippen MR) is 56.7 cm³/mol. The minimum atomic E-state index is 0.522. The molecule has 3 N–H and O–H groups in total. The molecule has 13 heavy (non-hydrogen) atoms. The van der Waals surface area contributed by atoms with Gasteiger partial charge in [-0.2, -0.15) is 0 Å². The summed E-state index contributed by atoms with van der Waals surface area (Å²) in [5.41, 5.74) is 3.96. The largest absolute Gasteiger partial charge is 0.271 e. The first-order chi connectivity index (χ1) is 6.24. The molecule has 0 aliphatic heterocycles. The number of halogens is 1. The van der Waals surface area contributed by atoms with Crippen LogP contribution in [0.15, 0.2) is 24.3 Å². The molecule has 0 amide bonds. The minimum Gasteiger partial charge on any atom is -0.271 e. The molecule has 0 aromatic heterocycles. The molecule has 2 nitrogen and oxygen atoms in total. The van der Waals surface area contributed by atoms with Gasteiger partial charge in [-0.1, -0.05) is 30.7 Å². The van der Waals surface area contributed by atoms with E-state index in [-0.39, 0.29) is 0 Å². The summed E-state index contributed by atoms with van der Waals surface area (Å²) in [6.07, 6.45) is 1.04. The lowest BCUT2D eigenvalue weighted by atomic mass is 9.98. The zero-order valence-electron chi connectivity index (χ0n) is 7.76. The highest BCUT2D eigenvalue weighted by molar-refractivity contribution is 6.30. The topological polar surface area (TPSA) is 38.0 Å². The number of rotatable bonds is 4. The summed E-state index contributed by atoms with van der Waals surface area (Å²) in [6.45, 7) is 3.02. The summed E-state index contributed by atoms with van der Waals surface area (Å²) in [5, 5.41) is 0.785. The first-order valence-electron chi connectivity index (χ1n) is 4.43. The van der Waals surface area contributed by atoms with Crippen LogP contribution in [0.3, 0.4) is 0 Å². The normalized spacial score (nSPS) is 12.8. The minimum absolute atomic E-state index is 0.522. The van der Waals surface area contributed by atoms with E-state index in [0.717, 1.165) is 18.0 Å². The Morgan fingerprint density at radius 1 is 1.38 bits per heavy atom. The van der Waals surface area contributed by atoms with Crippen molar-refractivity contribution in [3.8, 4) is 0 Å². The molecule has 0 saturated heterocycles. The van der Waals surface area contributed by atoms with Crippen molar-refractivity contribution in [1.29, 1.82) is 0 Å². The Kier molecular flexibility index (Phi) is 4.22. The van der Waals surface area contributed by atoms with E-state index in [0.29, 0.717) is 5.92 Å². The lowest BCUT2D eigenvalue weighted by molar-refractivity contribution is 0.611. The van der Waals surface area contributed by atoms with E-state index in [1.165, 1.54) is 5.56 Å². The predicted octanol–water partition coefficient (Wildman–Crippen LogP) is 2.30. The summed E-state index contributed by atoms with van der Waals surface area (Å²) in [5.74, 6) is 5.73. The summed E-state index contributed by atoms with van der Waals surface area (Å²) in [6, 6.07) is 7.96. The van der Waals surface area contributed by atoms with E-state index >= 15 is 0 Å². The third-order valence-corrected chi connectivity index (χ3v) is 2.41. The van der Waals surface area contributed by atoms with Crippen LogP contribution >= 0.6 is 11.6 Å². The highest BCUT2D eigenvalue weighted by atomic mass is 35.5. The van der Waals surface area contributed by atoms with Crippen molar-refractivity contribution in [3.05, 3.63) is 34.9 Å². The molecule has 0 heterocycles. The summed E-state index contributed by atoms with van der Waals surface area (Å²) >= 11 is 5.79. The Balaban J connectivity index is 2.55. The van der Waals surface area contributed by atoms with Gasteiger partial charge < -0.3 is 0 Å². The number of benzene rings is 1. The second-order valence-electron chi connectivity index (χ2n) is 3.20. The molecule has 1 aromatic rings. The first-order valence-corrected chi connectivity index (χ1v) is 4.80. The monoisotopic (exact) mass is 198 g/mol. The van der Waals surface area contributed by atoms with E-state index in [1.807, 2.05) is 12.1 Å². The van der Waals surface area contributed by atoms with Crippen LogP contribution in [0.25, 0.3) is 0 Å². The van der Waals surface area contributed by atoms with Gasteiger partial charge in [0, 0.05) is 11.6 Å². The molecule has 3 heteroatoms. The number of hydrogen-bond acceptors (Lipinski definition) is 2. The van der Waals surface area contributed by atoms with Gasteiger partial charge in [-0.15, -0.1) is 0 Å². The van der Waals surface area contributed by atoms with Crippen molar-refractivity contribution < 1.29 is 0 Å². The fraction of sp³-hybridized carbons (Fsp3) is 0.400. The van der Waals surface area contributed by atoms with Gasteiger partial charge in [-0.25, -0.2) is 0 Å². The average Bonchev–Trinajstić information content (AvgIpc) is 2.15. The SMILES string of the molecule is CC(CCNN)c1ccc(Cl)cc1. The summed E-state index contributed by atoms with van der Waals surface area (Å²) in [7, 11) is 0. The van der Waals surface area contributed by atoms with Gasteiger partial charge in [0.25, 0.3) is 0 Å². The lowest BCUT2D eigenvalue weighted by Crippen LogP contribution is -2.23. The molecule has 0 bridgehead atoms. The van der Waals surface area contributed by atoms with Crippen LogP contribution in [0.5, 0.6) is 0 Å². The van der Waals surface area contributed by atoms with Gasteiger partial charge >= 0.3 is 0 Å². The maximum Gasteiger partial charge on any atom is 0.0406 e. The smallest absolute Gasteiger partial charge is 0.0406 e. The number of hydrogen-bond donors (Lipinski definition) is 2. The van der Waals surface area contributed by atoms with Crippen molar-refractivity contribution in [1.82, 2.24) is 5.43 Å². The summed E-state index contributed by atoms with van der Waals surface area (Å²) < 4.78 is 0. The zero-order valence-corrected chi connectivity index (χ0v) is 8.51. The van der Waals surface area contributed by atoms with Crippen LogP contribution in [-0.2, 0) is 0 Å². The van der Waals surface area contributed by atoms with Gasteiger partial charge in [0.1, 0.15) is 0 Å². The third kappa shape index (κ3) is 3.35. The van der Waals surface area contributed by atoms with E-state index in [2.05, 4.69) is 24.5 Å². The molecule has 72 valence electrons. The van der Waals surface area contributed by atoms with E-state index in [4.69, 9.17) is 17.4 Å². The van der Waals surface area contributed by atoms with Gasteiger partial charge in [0.05, 0.1) is 0 Å². The van der Waals surface area contributed by atoms with Crippen LogP contribution in [0.2, 0.25) is 5.02 Å². The lowest BCUT2D eigenvalue weighted by Gasteiger charge is -2.10. The van der Waals surface area contributed by atoms with Crippen molar-refractivity contribution in [3.63, 3.8) is 0 Å². The van der Waals surface area contributed by atoms with Crippen molar-refractivity contribution in [2.24, 2.45) is 5.84 Å². The summed E-state index contributed by atoms with van der Waals surface area (Å²) in [4.78, 5) is 0. The molecule has 0 saturated carbocycles. The third-order valence-electron chi connectivity index (χ3n) is 2.16. The fourth-order valence-electron chi connectivity index (χ4n) is 1.26. The Morgan fingerprint density at radius 3 is 2.54 bits per heavy atom. The van der Waals surface area contributed by atoms with E-state index in [9.17, 15) is 0 Å². The van der Waals surface area contributed by atoms with Crippen LogP contribution < -0.4 is 11.3 Å². The fourth-order valence-corrected chi connectivity index (χ4v) is 1.38. The van der Waals surface area contributed by atoms with E-state index in [1.54, 1.807) is 0 Å². The van der Waals surface area contributed by atoms with E-state index < -0.39 is 0 Å². The van der Waals surface area contributed by atoms with Gasteiger partial charge in [-0.3, -0.25) is 11.3 Å². The molecular formula is C10H15ClN2. The Hall–Kier alpha value is -0.570. The van der Waals surface area contributed by atoms with Crippen LogP contribution in [0.1, 0.15) is 24.8 Å². The average molecular weight is 199 g/mol. The quantitative estimate of drug-likeness (QED) is 0.576. The highest BCUT2D eigenvalue weighted by Crippen LogP contribution is 2.20. The first kappa shape index (κ1) is 10.5. The number of hydrazine groups is 1. The Labute approximate surface area is 84.1 Å². The molecule has 0 spiro atoms. The Morgan fingerprint density at radius 2 is 2.00 bits per heavy atom. The van der Waals surface area contributed by atoms with Crippen molar-refractivity contribution in [2.75, 3.05) is 6.54 Å². The molecule has 1 rings (SSSR count).